The molecule has 0 radical (unpaired) electrons. The molecule has 0 aromatic heterocycles. The van der Waals surface area contributed by atoms with Crippen molar-refractivity contribution in [3.8, 4) is 5.75 Å². The molecule has 2 aromatic rings. The second kappa shape index (κ2) is 11.8. The van der Waals surface area contributed by atoms with E-state index in [0.29, 0.717) is 24.4 Å². The van der Waals surface area contributed by atoms with Crippen LogP contribution in [0, 0.1) is 0 Å². The highest BCUT2D eigenvalue weighted by Gasteiger charge is 2.20. The van der Waals surface area contributed by atoms with Crippen molar-refractivity contribution in [2.45, 2.75) is 71.9 Å². The first kappa shape index (κ1) is 23.9. The Bertz CT molecular complexity index is 779. The summed E-state index contributed by atoms with van der Waals surface area (Å²) < 4.78 is 0. The number of rotatable bonds is 11. The van der Waals surface area contributed by atoms with Crippen molar-refractivity contribution in [1.82, 2.24) is 10.2 Å². The maximum Gasteiger partial charge on any atom is 0.216 e. The van der Waals surface area contributed by atoms with Crippen LogP contribution in [0.15, 0.2) is 48.5 Å². The first-order valence-corrected chi connectivity index (χ1v) is 11.2. The van der Waals surface area contributed by atoms with Gasteiger partial charge in [0, 0.05) is 31.5 Å². The number of amides is 1. The molecule has 0 aliphatic carbocycles. The van der Waals surface area contributed by atoms with E-state index in [1.54, 1.807) is 0 Å². The van der Waals surface area contributed by atoms with Crippen molar-refractivity contribution in [1.29, 1.82) is 0 Å². The fraction of sp³-hybridized carbons (Fsp3) is 0.500. The standard InChI is InChI=1S/C26H38N2O2/c1-19(2)28(20(3)4)17-15-25(22-10-7-6-8-11-22)23-13-14-26(30)24(18-23)12-9-16-27-21(5)29/h6-8,10-11,13-14,18-20,25,30H,9,12,15-17H2,1-5H3,(H,27,29)/t25-/m1/s1. The summed E-state index contributed by atoms with van der Waals surface area (Å²) in [5.41, 5.74) is 3.49. The number of aryl methyl sites for hydroxylation is 1. The zero-order valence-electron chi connectivity index (χ0n) is 19.2. The minimum absolute atomic E-state index is 0.0167. The second-order valence-corrected chi connectivity index (χ2v) is 8.65. The topological polar surface area (TPSA) is 52.6 Å². The van der Waals surface area contributed by atoms with Crippen LogP contribution in [0.1, 0.15) is 70.1 Å². The molecule has 0 aliphatic rings. The van der Waals surface area contributed by atoms with Gasteiger partial charge in [0.2, 0.25) is 5.91 Å². The summed E-state index contributed by atoms with van der Waals surface area (Å²) >= 11 is 0. The van der Waals surface area contributed by atoms with Crippen LogP contribution in [0.5, 0.6) is 5.75 Å². The number of nitrogens with one attached hydrogen (secondary N) is 1. The first-order valence-electron chi connectivity index (χ1n) is 11.2. The van der Waals surface area contributed by atoms with E-state index >= 15 is 0 Å². The molecule has 0 saturated carbocycles. The van der Waals surface area contributed by atoms with E-state index in [2.05, 4.69) is 80.4 Å². The van der Waals surface area contributed by atoms with E-state index in [-0.39, 0.29) is 11.8 Å². The Labute approximate surface area is 182 Å². The van der Waals surface area contributed by atoms with E-state index < -0.39 is 0 Å². The molecular weight excluding hydrogens is 372 g/mol. The van der Waals surface area contributed by atoms with Gasteiger partial charge < -0.3 is 10.4 Å². The molecule has 0 heterocycles. The van der Waals surface area contributed by atoms with Gasteiger partial charge in [-0.25, -0.2) is 0 Å². The SMILES string of the molecule is CC(=O)NCCCc1cc([C@H](CCN(C(C)C)C(C)C)c2ccccc2)ccc1O. The van der Waals surface area contributed by atoms with Crippen LogP contribution in [0.3, 0.4) is 0 Å². The van der Waals surface area contributed by atoms with Crippen LogP contribution in [0.4, 0.5) is 0 Å². The molecule has 164 valence electrons. The summed E-state index contributed by atoms with van der Waals surface area (Å²) in [6.45, 7) is 12.2. The predicted octanol–water partition coefficient (Wildman–Crippen LogP) is 5.10. The molecule has 1 amide bonds. The fourth-order valence-corrected chi connectivity index (χ4v) is 4.17. The Hall–Kier alpha value is -2.33. The van der Waals surface area contributed by atoms with Crippen molar-refractivity contribution in [3.63, 3.8) is 0 Å². The summed E-state index contributed by atoms with van der Waals surface area (Å²) in [6.07, 6.45) is 2.57. The Morgan fingerprint density at radius 1 is 1.00 bits per heavy atom. The highest BCUT2D eigenvalue weighted by molar-refractivity contribution is 5.72. The zero-order chi connectivity index (χ0) is 22.1. The zero-order valence-corrected chi connectivity index (χ0v) is 19.2. The molecule has 4 nitrogen and oxygen atoms in total. The molecule has 0 aliphatic heterocycles. The summed E-state index contributed by atoms with van der Waals surface area (Å²) in [5, 5.41) is 13.2. The van der Waals surface area contributed by atoms with E-state index in [1.165, 1.54) is 18.1 Å². The van der Waals surface area contributed by atoms with Gasteiger partial charge in [0.1, 0.15) is 5.75 Å². The van der Waals surface area contributed by atoms with Crippen LogP contribution in [-0.4, -0.2) is 41.1 Å². The molecule has 4 heteroatoms. The number of nitrogens with zero attached hydrogens (tertiary/aromatic N) is 1. The number of hydrogen-bond donors (Lipinski definition) is 2. The van der Waals surface area contributed by atoms with Crippen LogP contribution < -0.4 is 5.32 Å². The second-order valence-electron chi connectivity index (χ2n) is 8.65. The highest BCUT2D eigenvalue weighted by atomic mass is 16.3. The fourth-order valence-electron chi connectivity index (χ4n) is 4.17. The lowest BCUT2D eigenvalue weighted by Gasteiger charge is -2.32. The summed E-state index contributed by atoms with van der Waals surface area (Å²) in [7, 11) is 0. The third-order valence-corrected chi connectivity index (χ3v) is 5.71. The van der Waals surface area contributed by atoms with Crippen molar-refractivity contribution in [3.05, 3.63) is 65.2 Å². The van der Waals surface area contributed by atoms with Gasteiger partial charge in [0.05, 0.1) is 0 Å². The van der Waals surface area contributed by atoms with Gasteiger partial charge in [-0.05, 0) is 76.3 Å². The molecular formula is C26H38N2O2. The molecule has 0 fully saturated rings. The van der Waals surface area contributed by atoms with E-state index in [9.17, 15) is 9.90 Å². The number of carbonyl (C=O) groups is 1. The molecule has 0 spiro atoms. The Balaban J connectivity index is 2.23. The Morgan fingerprint density at radius 3 is 2.27 bits per heavy atom. The Kier molecular flexibility index (Phi) is 9.38. The monoisotopic (exact) mass is 410 g/mol. The molecule has 1 atom stereocenters. The maximum atomic E-state index is 11.1. The number of hydrogen-bond acceptors (Lipinski definition) is 3. The highest BCUT2D eigenvalue weighted by Crippen LogP contribution is 2.32. The summed E-state index contributed by atoms with van der Waals surface area (Å²) in [4.78, 5) is 13.6. The van der Waals surface area contributed by atoms with Crippen LogP contribution in [-0.2, 0) is 11.2 Å². The largest absolute Gasteiger partial charge is 0.508 e. The van der Waals surface area contributed by atoms with E-state index in [0.717, 1.165) is 31.4 Å². The van der Waals surface area contributed by atoms with Crippen molar-refractivity contribution in [2.75, 3.05) is 13.1 Å². The third kappa shape index (κ3) is 7.17. The smallest absolute Gasteiger partial charge is 0.216 e. The molecule has 2 N–H and O–H groups in total. The van der Waals surface area contributed by atoms with Gasteiger partial charge in [-0.15, -0.1) is 0 Å². The average molecular weight is 411 g/mol. The minimum atomic E-state index is -0.0167. The Morgan fingerprint density at radius 2 is 1.67 bits per heavy atom. The van der Waals surface area contributed by atoms with E-state index in [1.807, 2.05) is 6.07 Å². The van der Waals surface area contributed by atoms with Gasteiger partial charge in [0.25, 0.3) is 0 Å². The van der Waals surface area contributed by atoms with Crippen LogP contribution >= 0.6 is 0 Å². The average Bonchev–Trinajstić information content (AvgIpc) is 2.70. The molecule has 0 bridgehead atoms. The predicted molar refractivity (Wildman–Crippen MR) is 125 cm³/mol. The van der Waals surface area contributed by atoms with Gasteiger partial charge in [-0.2, -0.15) is 0 Å². The van der Waals surface area contributed by atoms with Crippen molar-refractivity contribution in [2.24, 2.45) is 0 Å². The molecule has 0 saturated heterocycles. The van der Waals surface area contributed by atoms with Gasteiger partial charge in [-0.1, -0.05) is 42.5 Å². The van der Waals surface area contributed by atoms with Crippen molar-refractivity contribution >= 4 is 5.91 Å². The number of aromatic hydroxyl groups is 1. The summed E-state index contributed by atoms with van der Waals surface area (Å²) in [5.74, 6) is 0.595. The normalized spacial score (nSPS) is 12.5. The lowest BCUT2D eigenvalue weighted by molar-refractivity contribution is -0.118. The molecule has 30 heavy (non-hydrogen) atoms. The maximum absolute atomic E-state index is 11.1. The third-order valence-electron chi connectivity index (χ3n) is 5.71. The lowest BCUT2D eigenvalue weighted by atomic mass is 9.86. The lowest BCUT2D eigenvalue weighted by Crippen LogP contribution is -2.38. The molecule has 2 aromatic carbocycles. The minimum Gasteiger partial charge on any atom is -0.508 e. The van der Waals surface area contributed by atoms with Gasteiger partial charge in [-0.3, -0.25) is 9.69 Å². The van der Waals surface area contributed by atoms with Crippen LogP contribution in [0.25, 0.3) is 0 Å². The number of phenolic OH excluding ortho intramolecular Hbond substituents is 1. The van der Waals surface area contributed by atoms with Gasteiger partial charge in [0.15, 0.2) is 0 Å². The molecule has 2 rings (SSSR count). The number of carbonyl (C=O) groups excluding carboxylic acids is 1. The number of phenols is 1. The van der Waals surface area contributed by atoms with Crippen molar-refractivity contribution < 1.29 is 9.90 Å². The van der Waals surface area contributed by atoms with E-state index in [4.69, 9.17) is 0 Å². The number of benzene rings is 2. The first-order chi connectivity index (χ1) is 14.3. The van der Waals surface area contributed by atoms with Gasteiger partial charge >= 0.3 is 0 Å². The molecule has 0 unspecified atom stereocenters. The van der Waals surface area contributed by atoms with Crippen LogP contribution in [0.2, 0.25) is 0 Å². The summed E-state index contributed by atoms with van der Waals surface area (Å²) in [6, 6.07) is 17.7. The quantitative estimate of drug-likeness (QED) is 0.507.